The number of nitrogens with zero attached hydrogens (tertiary/aromatic N) is 2. The van der Waals surface area contributed by atoms with Crippen LogP contribution in [0.3, 0.4) is 0 Å². The predicted molar refractivity (Wildman–Crippen MR) is 87.5 cm³/mol. The molecule has 0 aliphatic carbocycles. The summed E-state index contributed by atoms with van der Waals surface area (Å²) in [5.74, 6) is 0.262. The van der Waals surface area contributed by atoms with Crippen LogP contribution in [0.1, 0.15) is 48.9 Å². The quantitative estimate of drug-likeness (QED) is 0.860. The molecule has 1 atom stereocenters. The Balaban J connectivity index is 1.98. The van der Waals surface area contributed by atoms with Crippen molar-refractivity contribution < 1.29 is 4.79 Å². The summed E-state index contributed by atoms with van der Waals surface area (Å²) in [5.41, 5.74) is 3.75. The summed E-state index contributed by atoms with van der Waals surface area (Å²) in [6.07, 6.45) is 7.20. The number of carbonyl (C=O) groups excluding carboxylic acids is 1. The first-order valence-electron chi connectivity index (χ1n) is 8.08. The highest BCUT2D eigenvalue weighted by Crippen LogP contribution is 2.35. The second-order valence-electron chi connectivity index (χ2n) is 5.82. The molecule has 114 valence electrons. The molecule has 2 heterocycles. The summed E-state index contributed by atoms with van der Waals surface area (Å²) in [5, 5.41) is 0. The summed E-state index contributed by atoms with van der Waals surface area (Å²) in [6.45, 7) is 2.92. The van der Waals surface area contributed by atoms with Gasteiger partial charge in [-0.25, -0.2) is 0 Å². The van der Waals surface area contributed by atoms with Crippen LogP contribution in [0.5, 0.6) is 0 Å². The van der Waals surface area contributed by atoms with Gasteiger partial charge in [0.15, 0.2) is 0 Å². The largest absolute Gasteiger partial charge is 0.331 e. The number of pyridine rings is 1. The van der Waals surface area contributed by atoms with Crippen molar-refractivity contribution in [2.24, 2.45) is 0 Å². The Bertz CT molecular complexity index is 639. The zero-order valence-electron chi connectivity index (χ0n) is 13.0. The Kier molecular flexibility index (Phi) is 4.52. The predicted octanol–water partition coefficient (Wildman–Crippen LogP) is 3.75. The number of hydrogen-bond donors (Lipinski definition) is 0. The van der Waals surface area contributed by atoms with Crippen molar-refractivity contribution in [1.82, 2.24) is 9.88 Å². The fourth-order valence-corrected chi connectivity index (χ4v) is 3.21. The topological polar surface area (TPSA) is 33.2 Å². The van der Waals surface area contributed by atoms with Crippen LogP contribution in [0.4, 0.5) is 0 Å². The van der Waals surface area contributed by atoms with Gasteiger partial charge in [0.1, 0.15) is 0 Å². The lowest BCUT2D eigenvalue weighted by molar-refractivity contribution is -0.133. The van der Waals surface area contributed by atoms with E-state index in [0.29, 0.717) is 6.42 Å². The molecule has 0 bridgehead atoms. The highest BCUT2D eigenvalue weighted by Gasteiger charge is 2.31. The van der Waals surface area contributed by atoms with Crippen LogP contribution >= 0.6 is 0 Å². The van der Waals surface area contributed by atoms with E-state index in [4.69, 9.17) is 0 Å². The molecule has 1 aliphatic rings. The zero-order chi connectivity index (χ0) is 15.4. The van der Waals surface area contributed by atoms with Crippen molar-refractivity contribution in [2.45, 2.75) is 38.6 Å². The van der Waals surface area contributed by atoms with Gasteiger partial charge in [-0.2, -0.15) is 0 Å². The van der Waals surface area contributed by atoms with Crippen LogP contribution in [0, 0.1) is 0 Å². The SMILES string of the molecule is CCCCC(=O)N1CCc2ccccc2C1c1ccncc1. The minimum absolute atomic E-state index is 0.0253. The van der Waals surface area contributed by atoms with E-state index in [9.17, 15) is 4.79 Å². The first-order chi connectivity index (χ1) is 10.8. The molecule has 3 nitrogen and oxygen atoms in total. The fourth-order valence-electron chi connectivity index (χ4n) is 3.21. The number of fused-ring (bicyclic) bond motifs is 1. The van der Waals surface area contributed by atoms with Crippen molar-refractivity contribution in [3.05, 3.63) is 65.5 Å². The Morgan fingerprint density at radius 1 is 1.23 bits per heavy atom. The number of hydrogen-bond acceptors (Lipinski definition) is 2. The van der Waals surface area contributed by atoms with E-state index in [-0.39, 0.29) is 11.9 Å². The molecule has 1 unspecified atom stereocenters. The van der Waals surface area contributed by atoms with Gasteiger partial charge in [-0.05, 0) is 41.7 Å². The molecule has 22 heavy (non-hydrogen) atoms. The number of benzene rings is 1. The minimum atomic E-state index is 0.0253. The minimum Gasteiger partial charge on any atom is -0.331 e. The number of amides is 1. The van der Waals surface area contributed by atoms with Crippen LogP contribution in [-0.4, -0.2) is 22.3 Å². The van der Waals surface area contributed by atoms with Gasteiger partial charge in [-0.15, -0.1) is 0 Å². The van der Waals surface area contributed by atoms with Gasteiger partial charge in [0.05, 0.1) is 6.04 Å². The van der Waals surface area contributed by atoms with E-state index in [1.807, 2.05) is 17.0 Å². The lowest BCUT2D eigenvalue weighted by atomic mass is 9.88. The normalized spacial score (nSPS) is 17.1. The lowest BCUT2D eigenvalue weighted by Gasteiger charge is -2.38. The van der Waals surface area contributed by atoms with Gasteiger partial charge in [-0.1, -0.05) is 37.6 Å². The molecular weight excluding hydrogens is 272 g/mol. The average molecular weight is 294 g/mol. The van der Waals surface area contributed by atoms with E-state index in [1.165, 1.54) is 11.1 Å². The fraction of sp³-hybridized carbons (Fsp3) is 0.368. The number of rotatable bonds is 4. The molecule has 0 radical (unpaired) electrons. The van der Waals surface area contributed by atoms with Gasteiger partial charge in [0, 0.05) is 25.4 Å². The highest BCUT2D eigenvalue weighted by molar-refractivity contribution is 5.77. The molecule has 0 saturated heterocycles. The molecule has 2 aromatic rings. The van der Waals surface area contributed by atoms with E-state index >= 15 is 0 Å². The molecule has 1 aliphatic heterocycles. The molecule has 0 fully saturated rings. The maximum atomic E-state index is 12.7. The van der Waals surface area contributed by atoms with Crippen LogP contribution in [0.15, 0.2) is 48.8 Å². The van der Waals surface area contributed by atoms with E-state index in [0.717, 1.165) is 31.4 Å². The second kappa shape index (κ2) is 6.73. The van der Waals surface area contributed by atoms with Crippen molar-refractivity contribution in [3.63, 3.8) is 0 Å². The van der Waals surface area contributed by atoms with Crippen molar-refractivity contribution in [3.8, 4) is 0 Å². The van der Waals surface area contributed by atoms with Crippen LogP contribution in [0.25, 0.3) is 0 Å². The van der Waals surface area contributed by atoms with E-state index < -0.39 is 0 Å². The van der Waals surface area contributed by atoms with Gasteiger partial charge in [0.2, 0.25) is 5.91 Å². The Hall–Kier alpha value is -2.16. The molecular formula is C19H22N2O. The standard InChI is InChI=1S/C19H22N2O/c1-2-3-8-18(22)21-14-11-15-6-4-5-7-17(15)19(21)16-9-12-20-13-10-16/h4-7,9-10,12-13,19H,2-3,8,11,14H2,1H3. The second-order valence-corrected chi connectivity index (χ2v) is 5.82. The van der Waals surface area contributed by atoms with E-state index in [1.54, 1.807) is 12.4 Å². The van der Waals surface area contributed by atoms with Gasteiger partial charge < -0.3 is 4.90 Å². The molecule has 0 spiro atoms. The average Bonchev–Trinajstić information content (AvgIpc) is 2.59. The van der Waals surface area contributed by atoms with E-state index in [2.05, 4.69) is 36.2 Å². The number of aromatic nitrogens is 1. The summed E-state index contributed by atoms with van der Waals surface area (Å²) < 4.78 is 0. The molecule has 3 heteroatoms. The van der Waals surface area contributed by atoms with Crippen LogP contribution < -0.4 is 0 Å². The van der Waals surface area contributed by atoms with Crippen LogP contribution in [0.2, 0.25) is 0 Å². The smallest absolute Gasteiger partial charge is 0.223 e. The molecule has 0 saturated carbocycles. The third-order valence-corrected chi connectivity index (χ3v) is 4.37. The maximum absolute atomic E-state index is 12.7. The zero-order valence-corrected chi connectivity index (χ0v) is 13.0. The molecule has 0 N–H and O–H groups in total. The highest BCUT2D eigenvalue weighted by atomic mass is 16.2. The summed E-state index contributed by atoms with van der Waals surface area (Å²) in [7, 11) is 0. The maximum Gasteiger partial charge on any atom is 0.223 e. The Morgan fingerprint density at radius 2 is 2.00 bits per heavy atom. The van der Waals surface area contributed by atoms with Gasteiger partial charge in [-0.3, -0.25) is 9.78 Å². The Labute approximate surface area is 132 Å². The monoisotopic (exact) mass is 294 g/mol. The third-order valence-electron chi connectivity index (χ3n) is 4.37. The van der Waals surface area contributed by atoms with Crippen molar-refractivity contribution >= 4 is 5.91 Å². The number of carbonyl (C=O) groups is 1. The van der Waals surface area contributed by atoms with Crippen molar-refractivity contribution in [1.29, 1.82) is 0 Å². The third kappa shape index (κ3) is 2.89. The summed E-state index contributed by atoms with van der Waals surface area (Å²) in [6, 6.07) is 12.5. The summed E-state index contributed by atoms with van der Waals surface area (Å²) in [4.78, 5) is 18.8. The lowest BCUT2D eigenvalue weighted by Crippen LogP contribution is -2.40. The molecule has 1 aromatic carbocycles. The first-order valence-corrected chi connectivity index (χ1v) is 8.08. The van der Waals surface area contributed by atoms with Gasteiger partial charge in [0.25, 0.3) is 0 Å². The Morgan fingerprint density at radius 3 is 2.77 bits per heavy atom. The first kappa shape index (κ1) is 14.8. The van der Waals surface area contributed by atoms with Gasteiger partial charge >= 0.3 is 0 Å². The molecule has 1 amide bonds. The van der Waals surface area contributed by atoms with Crippen LogP contribution in [-0.2, 0) is 11.2 Å². The summed E-state index contributed by atoms with van der Waals surface area (Å²) >= 11 is 0. The van der Waals surface area contributed by atoms with Crippen molar-refractivity contribution in [2.75, 3.05) is 6.54 Å². The molecule has 1 aromatic heterocycles. The molecule has 3 rings (SSSR count). The number of unbranched alkanes of at least 4 members (excludes halogenated alkanes) is 1.